The minimum atomic E-state index is -0.252. The zero-order valence-electron chi connectivity index (χ0n) is 13.9. The molecule has 0 aliphatic heterocycles. The van der Waals surface area contributed by atoms with E-state index in [1.54, 1.807) is 30.1 Å². The molecule has 1 aromatic carbocycles. The Morgan fingerprint density at radius 2 is 1.50 bits per heavy atom. The van der Waals surface area contributed by atoms with Gasteiger partial charge in [0.15, 0.2) is 0 Å². The Labute approximate surface area is 131 Å². The highest BCUT2D eigenvalue weighted by atomic mass is 16.5. The quantitative estimate of drug-likeness (QED) is 0.768. The van der Waals surface area contributed by atoms with Crippen molar-refractivity contribution in [2.75, 3.05) is 40.9 Å². The standard InChI is InChI=1S/C16H24N2O4/c1-6-18(7-2)15(19)11-17(3)16(20)12-8-13(21-4)10-14(9-12)22-5/h8-10H,6-7,11H2,1-5H3. The first-order chi connectivity index (χ1) is 10.5. The fourth-order valence-electron chi connectivity index (χ4n) is 2.10. The van der Waals surface area contributed by atoms with Crippen LogP contribution in [0, 0.1) is 0 Å². The molecule has 22 heavy (non-hydrogen) atoms. The summed E-state index contributed by atoms with van der Waals surface area (Å²) in [4.78, 5) is 27.6. The Kier molecular flexibility index (Phi) is 6.69. The lowest BCUT2D eigenvalue weighted by molar-refractivity contribution is -0.131. The third kappa shape index (κ3) is 4.38. The van der Waals surface area contributed by atoms with Gasteiger partial charge in [0.25, 0.3) is 5.91 Å². The lowest BCUT2D eigenvalue weighted by Gasteiger charge is -2.23. The molecular weight excluding hydrogens is 284 g/mol. The molecule has 0 aliphatic rings. The van der Waals surface area contributed by atoms with Gasteiger partial charge in [0.05, 0.1) is 20.8 Å². The van der Waals surface area contributed by atoms with Gasteiger partial charge < -0.3 is 19.3 Å². The Morgan fingerprint density at radius 1 is 1.00 bits per heavy atom. The Balaban J connectivity index is 2.88. The summed E-state index contributed by atoms with van der Waals surface area (Å²) in [5.41, 5.74) is 0.422. The van der Waals surface area contributed by atoms with E-state index in [1.165, 1.54) is 19.1 Å². The molecule has 6 nitrogen and oxygen atoms in total. The van der Waals surface area contributed by atoms with E-state index in [0.29, 0.717) is 30.2 Å². The predicted molar refractivity (Wildman–Crippen MR) is 84.4 cm³/mol. The highest BCUT2D eigenvalue weighted by molar-refractivity contribution is 5.97. The van der Waals surface area contributed by atoms with E-state index < -0.39 is 0 Å². The monoisotopic (exact) mass is 308 g/mol. The number of hydrogen-bond acceptors (Lipinski definition) is 4. The largest absolute Gasteiger partial charge is 0.497 e. The Morgan fingerprint density at radius 3 is 1.91 bits per heavy atom. The summed E-state index contributed by atoms with van der Waals surface area (Å²) < 4.78 is 10.3. The average molecular weight is 308 g/mol. The fraction of sp³-hybridized carbons (Fsp3) is 0.500. The van der Waals surface area contributed by atoms with Crippen molar-refractivity contribution in [3.05, 3.63) is 23.8 Å². The first-order valence-electron chi connectivity index (χ1n) is 7.23. The van der Waals surface area contributed by atoms with E-state index in [1.807, 2.05) is 13.8 Å². The summed E-state index contributed by atoms with van der Waals surface area (Å²) in [7, 11) is 4.66. The Hall–Kier alpha value is -2.24. The number of carbonyl (C=O) groups is 2. The first-order valence-corrected chi connectivity index (χ1v) is 7.23. The summed E-state index contributed by atoms with van der Waals surface area (Å²) in [5, 5.41) is 0. The van der Waals surface area contributed by atoms with Crippen molar-refractivity contribution < 1.29 is 19.1 Å². The fourth-order valence-corrected chi connectivity index (χ4v) is 2.10. The summed E-state index contributed by atoms with van der Waals surface area (Å²) in [5.74, 6) is 0.741. The minimum Gasteiger partial charge on any atom is -0.497 e. The summed E-state index contributed by atoms with van der Waals surface area (Å²) >= 11 is 0. The van der Waals surface area contributed by atoms with Crippen LogP contribution in [0.5, 0.6) is 11.5 Å². The second-order valence-electron chi connectivity index (χ2n) is 4.83. The van der Waals surface area contributed by atoms with E-state index in [-0.39, 0.29) is 18.4 Å². The highest BCUT2D eigenvalue weighted by Gasteiger charge is 2.19. The smallest absolute Gasteiger partial charge is 0.254 e. The maximum Gasteiger partial charge on any atom is 0.254 e. The van der Waals surface area contributed by atoms with Crippen LogP contribution in [0.15, 0.2) is 18.2 Å². The van der Waals surface area contributed by atoms with Gasteiger partial charge in [0.1, 0.15) is 11.5 Å². The van der Waals surface area contributed by atoms with Crippen LogP contribution in [0.4, 0.5) is 0 Å². The molecule has 0 aromatic heterocycles. The molecule has 0 spiro atoms. The number of nitrogens with zero attached hydrogens (tertiary/aromatic N) is 2. The molecule has 1 aromatic rings. The van der Waals surface area contributed by atoms with Crippen molar-refractivity contribution in [2.24, 2.45) is 0 Å². The van der Waals surface area contributed by atoms with Crippen LogP contribution >= 0.6 is 0 Å². The van der Waals surface area contributed by atoms with Crippen LogP contribution in [0.2, 0.25) is 0 Å². The van der Waals surface area contributed by atoms with Crippen LogP contribution in [-0.2, 0) is 4.79 Å². The predicted octanol–water partition coefficient (Wildman–Crippen LogP) is 1.64. The number of likely N-dealkylation sites (N-methyl/N-ethyl adjacent to an activating group) is 2. The van der Waals surface area contributed by atoms with Crippen molar-refractivity contribution in [3.63, 3.8) is 0 Å². The molecule has 0 saturated heterocycles. The number of carbonyl (C=O) groups excluding carboxylic acids is 2. The molecular formula is C16H24N2O4. The molecule has 0 heterocycles. The Bertz CT molecular complexity index is 505. The van der Waals surface area contributed by atoms with Crippen LogP contribution in [0.3, 0.4) is 0 Å². The third-order valence-electron chi connectivity index (χ3n) is 3.43. The van der Waals surface area contributed by atoms with Gasteiger partial charge in [0.2, 0.25) is 5.91 Å². The number of methoxy groups -OCH3 is 2. The zero-order valence-corrected chi connectivity index (χ0v) is 13.9. The molecule has 122 valence electrons. The highest BCUT2D eigenvalue weighted by Crippen LogP contribution is 2.23. The SMILES string of the molecule is CCN(CC)C(=O)CN(C)C(=O)c1cc(OC)cc(OC)c1. The van der Waals surface area contributed by atoms with Crippen molar-refractivity contribution in [2.45, 2.75) is 13.8 Å². The van der Waals surface area contributed by atoms with Crippen molar-refractivity contribution >= 4 is 11.8 Å². The minimum absolute atomic E-state index is 0.0417. The number of benzene rings is 1. The second kappa shape index (κ2) is 8.26. The molecule has 0 fully saturated rings. The van der Waals surface area contributed by atoms with Crippen LogP contribution in [0.1, 0.15) is 24.2 Å². The molecule has 2 amide bonds. The van der Waals surface area contributed by atoms with Crippen LogP contribution < -0.4 is 9.47 Å². The number of rotatable bonds is 7. The number of hydrogen-bond donors (Lipinski definition) is 0. The molecule has 0 N–H and O–H groups in total. The molecule has 0 atom stereocenters. The van der Waals surface area contributed by atoms with Gasteiger partial charge in [-0.1, -0.05) is 0 Å². The van der Waals surface area contributed by atoms with Crippen molar-refractivity contribution in [1.82, 2.24) is 9.80 Å². The molecule has 0 bridgehead atoms. The van der Waals surface area contributed by atoms with Gasteiger partial charge >= 0.3 is 0 Å². The van der Waals surface area contributed by atoms with E-state index in [2.05, 4.69) is 0 Å². The van der Waals surface area contributed by atoms with Crippen LogP contribution in [0.25, 0.3) is 0 Å². The van der Waals surface area contributed by atoms with Gasteiger partial charge in [-0.25, -0.2) is 0 Å². The van der Waals surface area contributed by atoms with Gasteiger partial charge in [-0.3, -0.25) is 9.59 Å². The molecule has 0 saturated carbocycles. The molecule has 0 aliphatic carbocycles. The van der Waals surface area contributed by atoms with Gasteiger partial charge in [-0.2, -0.15) is 0 Å². The number of ether oxygens (including phenoxy) is 2. The van der Waals surface area contributed by atoms with E-state index >= 15 is 0 Å². The zero-order chi connectivity index (χ0) is 16.7. The molecule has 1 rings (SSSR count). The lowest BCUT2D eigenvalue weighted by atomic mass is 10.1. The maximum absolute atomic E-state index is 12.5. The molecule has 6 heteroatoms. The van der Waals surface area contributed by atoms with Gasteiger partial charge in [-0.15, -0.1) is 0 Å². The normalized spacial score (nSPS) is 10.0. The molecule has 0 radical (unpaired) electrons. The second-order valence-corrected chi connectivity index (χ2v) is 4.83. The van der Waals surface area contributed by atoms with E-state index in [0.717, 1.165) is 0 Å². The van der Waals surface area contributed by atoms with Gasteiger partial charge in [0, 0.05) is 31.8 Å². The molecule has 0 unspecified atom stereocenters. The van der Waals surface area contributed by atoms with E-state index in [9.17, 15) is 9.59 Å². The summed E-state index contributed by atoms with van der Waals surface area (Å²) in [6.45, 7) is 5.13. The lowest BCUT2D eigenvalue weighted by Crippen LogP contribution is -2.41. The average Bonchev–Trinajstić information content (AvgIpc) is 2.54. The van der Waals surface area contributed by atoms with Crippen molar-refractivity contribution in [1.29, 1.82) is 0 Å². The van der Waals surface area contributed by atoms with Crippen molar-refractivity contribution in [3.8, 4) is 11.5 Å². The first kappa shape index (κ1) is 17.8. The van der Waals surface area contributed by atoms with E-state index in [4.69, 9.17) is 9.47 Å². The number of amides is 2. The summed E-state index contributed by atoms with van der Waals surface area (Å²) in [6.07, 6.45) is 0. The van der Waals surface area contributed by atoms with Crippen LogP contribution in [-0.4, -0.2) is 62.5 Å². The topological polar surface area (TPSA) is 59.1 Å². The summed E-state index contributed by atoms with van der Waals surface area (Å²) in [6, 6.07) is 4.95. The van der Waals surface area contributed by atoms with Gasteiger partial charge in [-0.05, 0) is 26.0 Å². The maximum atomic E-state index is 12.5. The third-order valence-corrected chi connectivity index (χ3v) is 3.43.